The molecule has 0 aromatic carbocycles. The molecule has 11 heavy (non-hydrogen) atoms. The minimum Gasteiger partial charge on any atom is -0.265 e. The van der Waals surface area contributed by atoms with Crippen LogP contribution in [0, 0.1) is 0 Å². The van der Waals surface area contributed by atoms with Crippen molar-refractivity contribution in [3.63, 3.8) is 0 Å². The average Bonchev–Trinajstić information content (AvgIpc) is 1.88. The molecule has 0 aliphatic rings. The summed E-state index contributed by atoms with van der Waals surface area (Å²) in [5.41, 5.74) is -0.664. The van der Waals surface area contributed by atoms with E-state index in [1.807, 2.05) is 0 Å². The van der Waals surface area contributed by atoms with Crippen molar-refractivity contribution in [2.45, 2.75) is 6.18 Å². The maximum Gasteiger partial charge on any atom is 0.416 e. The highest BCUT2D eigenvalue weighted by atomic mass is 32.1. The van der Waals surface area contributed by atoms with E-state index in [0.29, 0.717) is 0 Å². The van der Waals surface area contributed by atoms with Crippen molar-refractivity contribution in [2.75, 3.05) is 0 Å². The van der Waals surface area contributed by atoms with E-state index >= 15 is 0 Å². The van der Waals surface area contributed by atoms with E-state index in [2.05, 4.69) is 4.98 Å². The smallest absolute Gasteiger partial charge is 0.265 e. The van der Waals surface area contributed by atoms with Crippen molar-refractivity contribution in [3.8, 4) is 0 Å². The van der Waals surface area contributed by atoms with E-state index in [9.17, 15) is 13.2 Å². The van der Waals surface area contributed by atoms with Crippen LogP contribution in [0.4, 0.5) is 13.2 Å². The molecule has 0 fully saturated rings. The summed E-state index contributed by atoms with van der Waals surface area (Å²) in [5, 5.41) is 0. The van der Waals surface area contributed by atoms with Gasteiger partial charge in [0.2, 0.25) is 0 Å². The van der Waals surface area contributed by atoms with Crippen LogP contribution in [-0.4, -0.2) is 4.98 Å². The monoisotopic (exact) mass is 181 g/mol. The molecule has 0 saturated heterocycles. The Kier molecular flexibility index (Phi) is 3.38. The van der Waals surface area contributed by atoms with Gasteiger partial charge < -0.3 is 0 Å². The molecule has 1 aromatic heterocycles. The van der Waals surface area contributed by atoms with Crippen molar-refractivity contribution in [2.24, 2.45) is 0 Å². The Morgan fingerprint density at radius 2 is 1.55 bits per heavy atom. The van der Waals surface area contributed by atoms with E-state index in [-0.39, 0.29) is 13.5 Å². The lowest BCUT2D eigenvalue weighted by Crippen LogP contribution is -2.03. The Morgan fingerprint density at radius 1 is 1.09 bits per heavy atom. The average molecular weight is 181 g/mol. The Bertz CT molecular complexity index is 209. The van der Waals surface area contributed by atoms with Gasteiger partial charge in [-0.2, -0.15) is 26.7 Å². The third kappa shape index (κ3) is 2.80. The van der Waals surface area contributed by atoms with Crippen molar-refractivity contribution in [3.05, 3.63) is 30.1 Å². The highest BCUT2D eigenvalue weighted by Gasteiger charge is 2.29. The van der Waals surface area contributed by atoms with Crippen molar-refractivity contribution in [1.82, 2.24) is 4.98 Å². The third-order valence-corrected chi connectivity index (χ3v) is 1.01. The van der Waals surface area contributed by atoms with Crippen molar-refractivity contribution < 1.29 is 13.2 Å². The van der Waals surface area contributed by atoms with Crippen LogP contribution < -0.4 is 0 Å². The number of rotatable bonds is 0. The summed E-state index contributed by atoms with van der Waals surface area (Å²) in [6, 6.07) is 1.86. The molecule has 0 unspecified atom stereocenters. The molecule has 0 atom stereocenters. The van der Waals surface area contributed by atoms with E-state index in [4.69, 9.17) is 0 Å². The molecular formula is C6H6F3NS. The molecule has 0 saturated carbocycles. The number of nitrogens with zero attached hydrogens (tertiary/aromatic N) is 1. The predicted octanol–water partition coefficient (Wildman–Crippen LogP) is 2.21. The zero-order valence-electron chi connectivity index (χ0n) is 5.39. The van der Waals surface area contributed by atoms with Gasteiger partial charge in [0.25, 0.3) is 0 Å². The molecule has 1 nitrogen and oxygen atoms in total. The Morgan fingerprint density at radius 3 is 1.82 bits per heavy atom. The normalized spacial score (nSPS) is 10.5. The minimum atomic E-state index is -4.25. The van der Waals surface area contributed by atoms with Crippen LogP contribution in [0.25, 0.3) is 0 Å². The summed E-state index contributed by atoms with van der Waals surface area (Å²) in [4.78, 5) is 3.46. The molecule has 0 aliphatic carbocycles. The van der Waals surface area contributed by atoms with E-state index in [1.54, 1.807) is 0 Å². The lowest BCUT2D eigenvalue weighted by molar-refractivity contribution is -0.137. The van der Waals surface area contributed by atoms with Crippen LogP contribution in [0.2, 0.25) is 0 Å². The molecule has 0 spiro atoms. The lowest BCUT2D eigenvalue weighted by atomic mass is 10.3. The van der Waals surface area contributed by atoms with Gasteiger partial charge in [0.15, 0.2) is 0 Å². The SMILES string of the molecule is FC(F)(F)c1ccncc1.S. The van der Waals surface area contributed by atoms with Gasteiger partial charge in [-0.1, -0.05) is 0 Å². The van der Waals surface area contributed by atoms with Crippen LogP contribution in [0.15, 0.2) is 24.5 Å². The molecule has 0 N–H and O–H groups in total. The molecular weight excluding hydrogens is 175 g/mol. The summed E-state index contributed by atoms with van der Waals surface area (Å²) in [5.74, 6) is 0. The second kappa shape index (κ2) is 3.61. The second-order valence-corrected chi connectivity index (χ2v) is 1.73. The maximum absolute atomic E-state index is 11.8. The first-order valence-corrected chi connectivity index (χ1v) is 2.58. The number of alkyl halides is 3. The van der Waals surface area contributed by atoms with Gasteiger partial charge in [-0.25, -0.2) is 0 Å². The first-order valence-electron chi connectivity index (χ1n) is 2.58. The summed E-state index contributed by atoms with van der Waals surface area (Å²) in [6.07, 6.45) is -2.02. The maximum atomic E-state index is 11.8. The summed E-state index contributed by atoms with van der Waals surface area (Å²) in [7, 11) is 0. The predicted molar refractivity (Wildman–Crippen MR) is 39.6 cm³/mol. The van der Waals surface area contributed by atoms with Crippen LogP contribution in [0.5, 0.6) is 0 Å². The van der Waals surface area contributed by atoms with Gasteiger partial charge in [0.1, 0.15) is 0 Å². The molecule has 62 valence electrons. The number of hydrogen-bond donors (Lipinski definition) is 0. The molecule has 5 heteroatoms. The largest absolute Gasteiger partial charge is 0.416 e. The van der Waals surface area contributed by atoms with E-state index in [0.717, 1.165) is 24.5 Å². The highest BCUT2D eigenvalue weighted by Crippen LogP contribution is 2.27. The van der Waals surface area contributed by atoms with Crippen LogP contribution >= 0.6 is 13.5 Å². The quantitative estimate of drug-likeness (QED) is 0.598. The Labute approximate surface area is 68.7 Å². The van der Waals surface area contributed by atoms with Gasteiger partial charge in [-0.05, 0) is 12.1 Å². The molecule has 0 radical (unpaired) electrons. The van der Waals surface area contributed by atoms with E-state index < -0.39 is 11.7 Å². The number of hydrogen-bond acceptors (Lipinski definition) is 1. The minimum absolute atomic E-state index is 0. The van der Waals surface area contributed by atoms with Gasteiger partial charge in [0, 0.05) is 12.4 Å². The van der Waals surface area contributed by atoms with Crippen LogP contribution in [0.3, 0.4) is 0 Å². The fraction of sp³-hybridized carbons (Fsp3) is 0.167. The number of aromatic nitrogens is 1. The molecule has 1 heterocycles. The zero-order valence-corrected chi connectivity index (χ0v) is 6.39. The Balaban J connectivity index is 0.000001000. The van der Waals surface area contributed by atoms with Crippen molar-refractivity contribution in [1.29, 1.82) is 0 Å². The van der Waals surface area contributed by atoms with Crippen LogP contribution in [-0.2, 0) is 6.18 Å². The van der Waals surface area contributed by atoms with E-state index in [1.165, 1.54) is 0 Å². The third-order valence-electron chi connectivity index (χ3n) is 1.01. The van der Waals surface area contributed by atoms with Gasteiger partial charge in [-0.15, -0.1) is 0 Å². The van der Waals surface area contributed by atoms with Gasteiger partial charge >= 0.3 is 6.18 Å². The second-order valence-electron chi connectivity index (χ2n) is 1.73. The molecule has 1 aromatic rings. The fourth-order valence-corrected chi connectivity index (χ4v) is 0.541. The van der Waals surface area contributed by atoms with Gasteiger partial charge in [0.05, 0.1) is 5.56 Å². The number of halogens is 3. The summed E-state index contributed by atoms with van der Waals surface area (Å²) < 4.78 is 35.3. The standard InChI is InChI=1S/C6H4F3N.H2S/c7-6(8,9)5-1-3-10-4-2-5;/h1-4H;1H2. The number of pyridine rings is 1. The lowest BCUT2D eigenvalue weighted by Gasteiger charge is -2.03. The molecule has 0 amide bonds. The summed E-state index contributed by atoms with van der Waals surface area (Å²) >= 11 is 0. The Hall–Kier alpha value is -0.710. The fourth-order valence-electron chi connectivity index (χ4n) is 0.541. The first kappa shape index (κ1) is 10.3. The molecule has 0 aliphatic heterocycles. The highest BCUT2D eigenvalue weighted by molar-refractivity contribution is 7.59. The molecule has 1 rings (SSSR count). The summed E-state index contributed by atoms with van der Waals surface area (Å²) in [6.45, 7) is 0. The zero-order chi connectivity index (χ0) is 7.61. The van der Waals surface area contributed by atoms with Crippen LogP contribution in [0.1, 0.15) is 5.56 Å². The van der Waals surface area contributed by atoms with Crippen molar-refractivity contribution >= 4 is 13.5 Å². The molecule has 0 bridgehead atoms. The van der Waals surface area contributed by atoms with Gasteiger partial charge in [-0.3, -0.25) is 4.98 Å². The topological polar surface area (TPSA) is 12.9 Å². The first-order chi connectivity index (χ1) is 4.61.